The normalized spacial score (nSPS) is 25.7. The molecule has 0 aliphatic carbocycles. The van der Waals surface area contributed by atoms with Gasteiger partial charge in [0.15, 0.2) is 12.3 Å². The van der Waals surface area contributed by atoms with Crippen LogP contribution in [0.15, 0.2) is 21.9 Å². The van der Waals surface area contributed by atoms with Crippen LogP contribution in [0, 0.1) is 0 Å². The number of carbonyl (C=O) groups is 2. The number of methoxy groups -OCH3 is 1. The summed E-state index contributed by atoms with van der Waals surface area (Å²) in [5.74, 6) is -0.793. The molecule has 1 aromatic heterocycles. The van der Waals surface area contributed by atoms with Gasteiger partial charge in [0.05, 0.1) is 13.0 Å². The number of hydrogen-bond donors (Lipinski definition) is 2. The number of nitrogens with zero attached hydrogens (tertiary/aromatic N) is 1. The van der Waals surface area contributed by atoms with Crippen molar-refractivity contribution in [3.63, 3.8) is 0 Å². The van der Waals surface area contributed by atoms with Crippen LogP contribution >= 0.6 is 0 Å². The fourth-order valence-corrected chi connectivity index (χ4v) is 2.59. The summed E-state index contributed by atoms with van der Waals surface area (Å²) < 4.78 is 17.3. The Morgan fingerprint density at radius 2 is 2.04 bits per heavy atom. The number of ether oxygens (including phenoxy) is 3. The number of aliphatic hydroxyl groups is 1. The summed E-state index contributed by atoms with van der Waals surface area (Å²) in [6, 6.07) is 1.14. The van der Waals surface area contributed by atoms with Crippen LogP contribution < -0.4 is 11.2 Å². The Balaban J connectivity index is 2.22. The van der Waals surface area contributed by atoms with Gasteiger partial charge in [0.2, 0.25) is 0 Å². The minimum absolute atomic E-state index is 0.0384. The van der Waals surface area contributed by atoms with Crippen LogP contribution in [0.1, 0.15) is 26.0 Å². The third kappa shape index (κ3) is 4.41. The van der Waals surface area contributed by atoms with Gasteiger partial charge in [0.1, 0.15) is 18.0 Å². The van der Waals surface area contributed by atoms with Crippen molar-refractivity contribution < 1.29 is 28.9 Å². The smallest absolute Gasteiger partial charge is 0.330 e. The van der Waals surface area contributed by atoms with E-state index < -0.39 is 48.4 Å². The fourth-order valence-electron chi connectivity index (χ4n) is 2.59. The van der Waals surface area contributed by atoms with Gasteiger partial charge in [-0.25, -0.2) is 4.79 Å². The molecular formula is C15H20N2O8. The Bertz CT molecular complexity index is 740. The number of rotatable bonds is 7. The van der Waals surface area contributed by atoms with Gasteiger partial charge < -0.3 is 24.1 Å². The van der Waals surface area contributed by atoms with Gasteiger partial charge in [-0.2, -0.15) is 0 Å². The van der Waals surface area contributed by atoms with Gasteiger partial charge in [0.25, 0.3) is 5.56 Å². The molecule has 1 saturated heterocycles. The molecule has 1 aliphatic rings. The third-order valence-electron chi connectivity index (χ3n) is 3.81. The first-order valence-electron chi connectivity index (χ1n) is 7.67. The number of H-pyrrole nitrogens is 1. The first-order chi connectivity index (χ1) is 11.9. The van der Waals surface area contributed by atoms with Gasteiger partial charge in [-0.15, -0.1) is 0 Å². The molecule has 10 heteroatoms. The quantitative estimate of drug-likeness (QED) is 0.577. The van der Waals surface area contributed by atoms with Crippen LogP contribution in [0.2, 0.25) is 0 Å². The molecule has 1 unspecified atom stereocenters. The van der Waals surface area contributed by atoms with E-state index in [1.807, 2.05) is 0 Å². The fraction of sp³-hybridized carbons (Fsp3) is 0.600. The minimum Gasteiger partial charge on any atom is -0.456 e. The SMILES string of the molecule is CO[C@H]1C(n2ccc(=O)[nH]c2=O)O[C@H](CO)[C@H]1OC(=O)CCC(C)=O. The van der Waals surface area contributed by atoms with Crippen LogP contribution in [0.3, 0.4) is 0 Å². The lowest BCUT2D eigenvalue weighted by molar-refractivity contribution is -0.158. The van der Waals surface area contributed by atoms with Crippen LogP contribution in [0.25, 0.3) is 0 Å². The Morgan fingerprint density at radius 3 is 2.60 bits per heavy atom. The molecule has 138 valence electrons. The number of nitrogens with one attached hydrogen (secondary N) is 1. The van der Waals surface area contributed by atoms with Crippen molar-refractivity contribution in [1.82, 2.24) is 9.55 Å². The number of carbonyl (C=O) groups excluding carboxylic acids is 2. The summed E-state index contributed by atoms with van der Waals surface area (Å²) in [5.41, 5.74) is -1.29. The molecule has 2 N–H and O–H groups in total. The zero-order valence-electron chi connectivity index (χ0n) is 13.8. The van der Waals surface area contributed by atoms with Crippen LogP contribution in [-0.4, -0.2) is 58.4 Å². The van der Waals surface area contributed by atoms with Gasteiger partial charge in [-0.1, -0.05) is 0 Å². The van der Waals surface area contributed by atoms with Crippen molar-refractivity contribution >= 4 is 11.8 Å². The number of Topliss-reactive ketones (excluding diaryl/α,β-unsaturated/α-hetero) is 1. The summed E-state index contributed by atoms with van der Waals surface area (Å²) in [6.07, 6.45) is -2.63. The molecule has 4 atom stereocenters. The van der Waals surface area contributed by atoms with E-state index in [1.165, 1.54) is 20.2 Å². The number of aromatic amines is 1. The highest BCUT2D eigenvalue weighted by Gasteiger charge is 2.48. The summed E-state index contributed by atoms with van der Waals surface area (Å²) >= 11 is 0. The zero-order chi connectivity index (χ0) is 18.6. The van der Waals surface area contributed by atoms with Gasteiger partial charge in [-0.05, 0) is 6.92 Å². The highest BCUT2D eigenvalue weighted by atomic mass is 16.6. The van der Waals surface area contributed by atoms with E-state index in [2.05, 4.69) is 4.98 Å². The van der Waals surface area contributed by atoms with E-state index in [0.29, 0.717) is 0 Å². The molecule has 1 fully saturated rings. The second kappa shape index (κ2) is 8.19. The van der Waals surface area contributed by atoms with E-state index in [-0.39, 0.29) is 18.6 Å². The van der Waals surface area contributed by atoms with E-state index in [1.54, 1.807) is 0 Å². The molecule has 0 aromatic carbocycles. The second-order valence-electron chi connectivity index (χ2n) is 5.62. The van der Waals surface area contributed by atoms with Crippen LogP contribution in [0.5, 0.6) is 0 Å². The molecule has 2 heterocycles. The van der Waals surface area contributed by atoms with Crippen molar-refractivity contribution in [1.29, 1.82) is 0 Å². The molecule has 0 saturated carbocycles. The maximum atomic E-state index is 12.0. The Morgan fingerprint density at radius 1 is 1.32 bits per heavy atom. The molecule has 2 rings (SSSR count). The van der Waals surface area contributed by atoms with Crippen LogP contribution in [0.4, 0.5) is 0 Å². The lowest BCUT2D eigenvalue weighted by Crippen LogP contribution is -2.41. The lowest BCUT2D eigenvalue weighted by Gasteiger charge is -2.23. The van der Waals surface area contributed by atoms with Crippen LogP contribution in [-0.2, 0) is 23.8 Å². The van der Waals surface area contributed by atoms with Gasteiger partial charge >= 0.3 is 11.7 Å². The number of aromatic nitrogens is 2. The number of esters is 1. The van der Waals surface area contributed by atoms with Crippen molar-refractivity contribution in [2.75, 3.05) is 13.7 Å². The molecule has 1 aliphatic heterocycles. The highest BCUT2D eigenvalue weighted by Crippen LogP contribution is 2.32. The molecule has 0 spiro atoms. The van der Waals surface area contributed by atoms with Crippen molar-refractivity contribution in [3.8, 4) is 0 Å². The zero-order valence-corrected chi connectivity index (χ0v) is 13.8. The molecular weight excluding hydrogens is 336 g/mol. The molecule has 25 heavy (non-hydrogen) atoms. The highest BCUT2D eigenvalue weighted by molar-refractivity contribution is 5.81. The maximum absolute atomic E-state index is 12.0. The average Bonchev–Trinajstić information content (AvgIpc) is 2.90. The number of hydrogen-bond acceptors (Lipinski definition) is 8. The van der Waals surface area contributed by atoms with E-state index >= 15 is 0 Å². The predicted octanol–water partition coefficient (Wildman–Crippen LogP) is -1.28. The molecule has 1 aromatic rings. The van der Waals surface area contributed by atoms with Crippen molar-refractivity contribution in [2.45, 2.75) is 44.3 Å². The average molecular weight is 356 g/mol. The van der Waals surface area contributed by atoms with E-state index in [4.69, 9.17) is 14.2 Å². The standard InChI is InChI=1S/C15H20N2O8/c1-8(19)3-4-11(21)25-12-9(7-18)24-14(13(12)23-2)17-6-5-10(20)16-15(17)22/h5-6,9,12-14,18H,3-4,7H2,1-2H3,(H,16,20,22)/t9-,12-,13-,14?/m1/s1. The van der Waals surface area contributed by atoms with Gasteiger partial charge in [-0.3, -0.25) is 19.1 Å². The second-order valence-corrected chi connectivity index (χ2v) is 5.62. The lowest BCUT2D eigenvalue weighted by atomic mass is 10.1. The largest absolute Gasteiger partial charge is 0.456 e. The summed E-state index contributed by atoms with van der Waals surface area (Å²) in [7, 11) is 1.34. The van der Waals surface area contributed by atoms with Crippen molar-refractivity contribution in [3.05, 3.63) is 33.1 Å². The predicted molar refractivity (Wildman–Crippen MR) is 82.9 cm³/mol. The minimum atomic E-state index is -1.00. The number of aliphatic hydroxyl groups excluding tert-OH is 1. The summed E-state index contributed by atoms with van der Waals surface area (Å²) in [4.78, 5) is 48.1. The molecule has 0 radical (unpaired) electrons. The first-order valence-corrected chi connectivity index (χ1v) is 7.67. The maximum Gasteiger partial charge on any atom is 0.330 e. The monoisotopic (exact) mass is 356 g/mol. The molecule has 0 bridgehead atoms. The third-order valence-corrected chi connectivity index (χ3v) is 3.81. The topological polar surface area (TPSA) is 137 Å². The first kappa shape index (κ1) is 19.0. The summed E-state index contributed by atoms with van der Waals surface area (Å²) in [6.45, 7) is 0.887. The summed E-state index contributed by atoms with van der Waals surface area (Å²) in [5, 5.41) is 9.49. The Labute approximate surface area is 142 Å². The Hall–Kier alpha value is -2.30. The molecule has 10 nitrogen and oxygen atoms in total. The van der Waals surface area contributed by atoms with E-state index in [0.717, 1.165) is 10.6 Å². The van der Waals surface area contributed by atoms with Crippen molar-refractivity contribution in [2.24, 2.45) is 0 Å². The molecule has 0 amide bonds. The Kier molecular flexibility index (Phi) is 6.23. The van der Waals surface area contributed by atoms with Gasteiger partial charge in [0, 0.05) is 25.8 Å². The number of ketones is 1. The van der Waals surface area contributed by atoms with E-state index in [9.17, 15) is 24.3 Å².